The van der Waals surface area contributed by atoms with Crippen LogP contribution in [0.3, 0.4) is 0 Å². The van der Waals surface area contributed by atoms with Crippen LogP contribution in [-0.2, 0) is 22.4 Å². The SMILES string of the molecule is COC(C)(Cc1ccc(OCCc2nc(-c3cccc(F)c3)oc2C)nc1)C(=O)O. The maximum atomic E-state index is 13.4. The standard InChI is InChI=1S/C22H23FN2O5/c1-14-18(25-20(30-14)16-5-4-6-17(23)11-16)9-10-29-19-8-7-15(13-24-19)12-22(2,28-3)21(26)27/h4-8,11,13H,9-10,12H2,1-3H3,(H,26,27). The molecule has 30 heavy (non-hydrogen) atoms. The molecular formula is C22H23FN2O5. The van der Waals surface area contributed by atoms with Gasteiger partial charge in [0.15, 0.2) is 5.60 Å². The number of nitrogens with zero attached hydrogens (tertiary/aromatic N) is 2. The number of hydrogen-bond acceptors (Lipinski definition) is 6. The fourth-order valence-electron chi connectivity index (χ4n) is 2.88. The first-order valence-electron chi connectivity index (χ1n) is 9.39. The minimum Gasteiger partial charge on any atom is -0.479 e. The third-order valence-electron chi connectivity index (χ3n) is 4.80. The lowest BCUT2D eigenvalue weighted by atomic mass is 9.97. The van der Waals surface area contributed by atoms with E-state index in [0.29, 0.717) is 36.1 Å². The van der Waals surface area contributed by atoms with Crippen LogP contribution in [0.5, 0.6) is 5.88 Å². The highest BCUT2D eigenvalue weighted by molar-refractivity contribution is 5.77. The lowest BCUT2D eigenvalue weighted by Crippen LogP contribution is -2.39. The number of aryl methyl sites for hydroxylation is 1. The summed E-state index contributed by atoms with van der Waals surface area (Å²) in [6.45, 7) is 3.64. The molecule has 1 N–H and O–H groups in total. The zero-order valence-corrected chi connectivity index (χ0v) is 17.0. The van der Waals surface area contributed by atoms with Gasteiger partial charge in [0.1, 0.15) is 11.6 Å². The van der Waals surface area contributed by atoms with E-state index in [1.54, 1.807) is 37.4 Å². The Hall–Kier alpha value is -3.26. The highest BCUT2D eigenvalue weighted by atomic mass is 19.1. The number of aromatic nitrogens is 2. The van der Waals surface area contributed by atoms with Gasteiger partial charge in [0, 0.05) is 37.8 Å². The number of pyridine rings is 1. The molecule has 1 atom stereocenters. The van der Waals surface area contributed by atoms with Crippen LogP contribution in [0.4, 0.5) is 4.39 Å². The van der Waals surface area contributed by atoms with Gasteiger partial charge in [-0.1, -0.05) is 12.1 Å². The van der Waals surface area contributed by atoms with Crippen LogP contribution in [0.15, 0.2) is 47.0 Å². The molecule has 0 aliphatic rings. The number of halogens is 1. The van der Waals surface area contributed by atoms with Crippen LogP contribution in [-0.4, -0.2) is 40.4 Å². The molecule has 3 aromatic rings. The second-order valence-electron chi connectivity index (χ2n) is 7.05. The summed E-state index contributed by atoms with van der Waals surface area (Å²) in [6, 6.07) is 9.51. The number of hydrogen-bond donors (Lipinski definition) is 1. The second-order valence-corrected chi connectivity index (χ2v) is 7.05. The number of methoxy groups -OCH3 is 1. The molecule has 2 aromatic heterocycles. The van der Waals surface area contributed by atoms with Crippen molar-refractivity contribution in [2.75, 3.05) is 13.7 Å². The Balaban J connectivity index is 1.57. The number of aliphatic carboxylic acids is 1. The molecule has 3 rings (SSSR count). The van der Waals surface area contributed by atoms with Crippen LogP contribution in [0, 0.1) is 12.7 Å². The summed E-state index contributed by atoms with van der Waals surface area (Å²) in [6.07, 6.45) is 2.25. The number of benzene rings is 1. The molecule has 2 heterocycles. The lowest BCUT2D eigenvalue weighted by Gasteiger charge is -2.22. The first-order chi connectivity index (χ1) is 14.3. The van der Waals surface area contributed by atoms with Gasteiger partial charge in [0.2, 0.25) is 11.8 Å². The lowest BCUT2D eigenvalue weighted by molar-refractivity contribution is -0.159. The Morgan fingerprint density at radius 2 is 2.10 bits per heavy atom. The number of carbonyl (C=O) groups is 1. The van der Waals surface area contributed by atoms with E-state index in [0.717, 1.165) is 11.3 Å². The van der Waals surface area contributed by atoms with Crippen molar-refractivity contribution >= 4 is 5.97 Å². The van der Waals surface area contributed by atoms with Crippen molar-refractivity contribution in [1.29, 1.82) is 0 Å². The zero-order chi connectivity index (χ0) is 21.7. The van der Waals surface area contributed by atoms with Crippen molar-refractivity contribution in [2.45, 2.75) is 32.3 Å². The van der Waals surface area contributed by atoms with E-state index in [2.05, 4.69) is 9.97 Å². The molecule has 0 amide bonds. The summed E-state index contributed by atoms with van der Waals surface area (Å²) in [4.78, 5) is 20.0. The van der Waals surface area contributed by atoms with Gasteiger partial charge in [-0.3, -0.25) is 0 Å². The van der Waals surface area contributed by atoms with Crippen molar-refractivity contribution in [3.05, 3.63) is 65.4 Å². The highest BCUT2D eigenvalue weighted by Crippen LogP contribution is 2.23. The fraction of sp³-hybridized carbons (Fsp3) is 0.318. The Kier molecular flexibility index (Phi) is 6.47. The summed E-state index contributed by atoms with van der Waals surface area (Å²) < 4.78 is 29.8. The summed E-state index contributed by atoms with van der Waals surface area (Å²) in [7, 11) is 1.37. The van der Waals surface area contributed by atoms with Crippen LogP contribution >= 0.6 is 0 Å². The monoisotopic (exact) mass is 414 g/mol. The molecule has 0 saturated heterocycles. The van der Waals surface area contributed by atoms with Gasteiger partial charge >= 0.3 is 5.97 Å². The Morgan fingerprint density at radius 1 is 1.30 bits per heavy atom. The molecule has 0 saturated carbocycles. The van der Waals surface area contributed by atoms with Crippen LogP contribution in [0.2, 0.25) is 0 Å². The predicted molar refractivity (Wildman–Crippen MR) is 107 cm³/mol. The minimum atomic E-state index is -1.31. The predicted octanol–water partition coefficient (Wildman–Crippen LogP) is 3.84. The van der Waals surface area contributed by atoms with Gasteiger partial charge in [-0.15, -0.1) is 0 Å². The number of carboxylic acid groups (broad SMARTS) is 1. The summed E-state index contributed by atoms with van der Waals surface area (Å²) in [5.74, 6) is 0.0420. The third-order valence-corrected chi connectivity index (χ3v) is 4.80. The third kappa shape index (κ3) is 5.01. The Labute approximate surface area is 173 Å². The average Bonchev–Trinajstić information content (AvgIpc) is 3.10. The number of oxazole rings is 1. The van der Waals surface area contributed by atoms with Gasteiger partial charge in [0.25, 0.3) is 0 Å². The zero-order valence-electron chi connectivity index (χ0n) is 17.0. The number of carboxylic acids is 1. The fourth-order valence-corrected chi connectivity index (χ4v) is 2.88. The molecule has 0 spiro atoms. The molecule has 0 aliphatic carbocycles. The Bertz CT molecular complexity index is 1020. The quantitative estimate of drug-likeness (QED) is 0.568. The highest BCUT2D eigenvalue weighted by Gasteiger charge is 2.33. The van der Waals surface area contributed by atoms with Crippen molar-refractivity contribution in [3.63, 3.8) is 0 Å². The van der Waals surface area contributed by atoms with Crippen LogP contribution in [0.1, 0.15) is 23.9 Å². The van der Waals surface area contributed by atoms with Crippen LogP contribution < -0.4 is 4.74 Å². The first-order valence-corrected chi connectivity index (χ1v) is 9.39. The minimum absolute atomic E-state index is 0.188. The van der Waals surface area contributed by atoms with Crippen molar-refractivity contribution in [3.8, 4) is 17.3 Å². The van der Waals surface area contributed by atoms with Gasteiger partial charge in [-0.2, -0.15) is 0 Å². The smallest absolute Gasteiger partial charge is 0.336 e. The van der Waals surface area contributed by atoms with E-state index in [4.69, 9.17) is 13.9 Å². The van der Waals surface area contributed by atoms with Gasteiger partial charge < -0.3 is 19.0 Å². The maximum Gasteiger partial charge on any atom is 0.336 e. The maximum absolute atomic E-state index is 13.4. The molecule has 158 valence electrons. The Morgan fingerprint density at radius 3 is 2.73 bits per heavy atom. The topological polar surface area (TPSA) is 94.7 Å². The van der Waals surface area contributed by atoms with E-state index in [1.807, 2.05) is 0 Å². The molecular weight excluding hydrogens is 391 g/mol. The van der Waals surface area contributed by atoms with Crippen molar-refractivity contribution in [2.24, 2.45) is 0 Å². The molecule has 0 aliphatic heterocycles. The second kappa shape index (κ2) is 9.04. The van der Waals surface area contributed by atoms with E-state index < -0.39 is 11.6 Å². The first kappa shape index (κ1) is 21.4. The molecule has 7 nitrogen and oxygen atoms in total. The number of ether oxygens (including phenoxy) is 2. The van der Waals surface area contributed by atoms with E-state index in [1.165, 1.54) is 26.2 Å². The summed E-state index contributed by atoms with van der Waals surface area (Å²) in [5.41, 5.74) is 0.713. The largest absolute Gasteiger partial charge is 0.479 e. The van der Waals surface area contributed by atoms with E-state index >= 15 is 0 Å². The van der Waals surface area contributed by atoms with E-state index in [-0.39, 0.29) is 12.2 Å². The van der Waals surface area contributed by atoms with E-state index in [9.17, 15) is 14.3 Å². The molecule has 1 aromatic carbocycles. The summed E-state index contributed by atoms with van der Waals surface area (Å²) >= 11 is 0. The average molecular weight is 414 g/mol. The molecule has 0 radical (unpaired) electrons. The molecule has 8 heteroatoms. The number of rotatable bonds is 9. The molecule has 0 fully saturated rings. The van der Waals surface area contributed by atoms with Crippen molar-refractivity contribution < 1.29 is 28.2 Å². The molecule has 0 bridgehead atoms. The van der Waals surface area contributed by atoms with Gasteiger partial charge in [-0.25, -0.2) is 19.2 Å². The van der Waals surface area contributed by atoms with Crippen LogP contribution in [0.25, 0.3) is 11.5 Å². The van der Waals surface area contributed by atoms with Gasteiger partial charge in [0.05, 0.1) is 12.3 Å². The summed E-state index contributed by atoms with van der Waals surface area (Å²) in [5, 5.41) is 9.28. The van der Waals surface area contributed by atoms with Crippen molar-refractivity contribution in [1.82, 2.24) is 9.97 Å². The normalized spacial score (nSPS) is 13.1. The van der Waals surface area contributed by atoms with Gasteiger partial charge in [-0.05, 0) is 37.6 Å². The molecule has 1 unspecified atom stereocenters.